The Bertz CT molecular complexity index is 1270. The van der Waals surface area contributed by atoms with Gasteiger partial charge in [0.1, 0.15) is 11.5 Å². The van der Waals surface area contributed by atoms with Crippen LogP contribution in [0.2, 0.25) is 0 Å². The lowest BCUT2D eigenvalue weighted by atomic mass is 9.86. The molecular formula is C36H48N2O4. The molecule has 2 amide bonds. The molecular weight excluding hydrogens is 524 g/mol. The molecule has 0 saturated heterocycles. The zero-order valence-electron chi connectivity index (χ0n) is 26.6. The molecule has 0 aliphatic carbocycles. The van der Waals surface area contributed by atoms with Crippen LogP contribution in [-0.4, -0.2) is 25.0 Å². The van der Waals surface area contributed by atoms with Crippen molar-refractivity contribution in [2.24, 2.45) is 10.8 Å². The average Bonchev–Trinajstić information content (AvgIpc) is 2.93. The largest absolute Gasteiger partial charge is 0.493 e. The first kappa shape index (κ1) is 32.7. The summed E-state index contributed by atoms with van der Waals surface area (Å²) in [5.74, 6) is 1.58. The summed E-state index contributed by atoms with van der Waals surface area (Å²) < 4.78 is 12.0. The number of nitrogens with one attached hydrogen (secondary N) is 2. The number of aryl methyl sites for hydroxylation is 4. The van der Waals surface area contributed by atoms with Gasteiger partial charge in [-0.3, -0.25) is 9.59 Å². The molecule has 0 saturated carbocycles. The minimum Gasteiger partial charge on any atom is -0.493 e. The highest BCUT2D eigenvalue weighted by Gasteiger charge is 2.30. The maximum Gasteiger partial charge on any atom is 0.230 e. The molecule has 6 heteroatoms. The van der Waals surface area contributed by atoms with E-state index in [0.717, 1.165) is 46.6 Å². The Labute approximate surface area is 252 Å². The fraction of sp³-hybridized carbons (Fsp3) is 0.444. The van der Waals surface area contributed by atoms with Gasteiger partial charge in [-0.05, 0) is 99.9 Å². The number of benzene rings is 3. The number of hydrogen-bond donors (Lipinski definition) is 2. The van der Waals surface area contributed by atoms with Gasteiger partial charge in [0, 0.05) is 10.8 Å². The molecule has 0 atom stereocenters. The molecule has 226 valence electrons. The molecule has 0 fully saturated rings. The monoisotopic (exact) mass is 572 g/mol. The Morgan fingerprint density at radius 1 is 0.619 bits per heavy atom. The summed E-state index contributed by atoms with van der Waals surface area (Å²) in [4.78, 5) is 26.6. The summed E-state index contributed by atoms with van der Waals surface area (Å²) in [5.41, 5.74) is 4.47. The summed E-state index contributed by atoms with van der Waals surface area (Å²) in [7, 11) is 0. The van der Waals surface area contributed by atoms with Gasteiger partial charge in [-0.2, -0.15) is 0 Å². The fourth-order valence-corrected chi connectivity index (χ4v) is 4.63. The number of hydrogen-bond acceptors (Lipinski definition) is 4. The first-order chi connectivity index (χ1) is 19.8. The summed E-state index contributed by atoms with van der Waals surface area (Å²) in [6.45, 7) is 17.0. The number of rotatable bonds is 14. The maximum absolute atomic E-state index is 13.3. The minimum atomic E-state index is -0.614. The van der Waals surface area contributed by atoms with Crippen LogP contribution in [0.5, 0.6) is 11.5 Å². The number of carbonyl (C=O) groups is 2. The quantitative estimate of drug-likeness (QED) is 0.190. The van der Waals surface area contributed by atoms with Crippen LogP contribution < -0.4 is 20.1 Å². The van der Waals surface area contributed by atoms with E-state index >= 15 is 0 Å². The topological polar surface area (TPSA) is 76.7 Å². The number of amides is 2. The Balaban J connectivity index is 1.51. The van der Waals surface area contributed by atoms with Crippen LogP contribution >= 0.6 is 0 Å². The molecule has 0 aliphatic heterocycles. The van der Waals surface area contributed by atoms with E-state index in [2.05, 4.69) is 34.9 Å². The van der Waals surface area contributed by atoms with Crippen molar-refractivity contribution in [3.8, 4) is 11.5 Å². The lowest BCUT2D eigenvalue weighted by Crippen LogP contribution is -2.33. The van der Waals surface area contributed by atoms with Gasteiger partial charge >= 0.3 is 0 Å². The molecule has 0 heterocycles. The van der Waals surface area contributed by atoms with E-state index < -0.39 is 10.8 Å². The van der Waals surface area contributed by atoms with Crippen LogP contribution in [0.1, 0.15) is 75.6 Å². The van der Waals surface area contributed by atoms with Gasteiger partial charge in [0.25, 0.3) is 0 Å². The first-order valence-electron chi connectivity index (χ1n) is 14.9. The van der Waals surface area contributed by atoms with Crippen molar-refractivity contribution in [1.29, 1.82) is 0 Å². The molecule has 3 aromatic rings. The Morgan fingerprint density at radius 2 is 1.00 bits per heavy atom. The van der Waals surface area contributed by atoms with Crippen LogP contribution in [0.4, 0.5) is 11.4 Å². The molecule has 2 N–H and O–H groups in total. The van der Waals surface area contributed by atoms with Gasteiger partial charge < -0.3 is 20.1 Å². The number of ether oxygens (including phenoxy) is 2. The van der Waals surface area contributed by atoms with Crippen molar-refractivity contribution in [2.45, 2.75) is 81.1 Å². The van der Waals surface area contributed by atoms with E-state index in [-0.39, 0.29) is 11.8 Å². The van der Waals surface area contributed by atoms with Gasteiger partial charge in [0.15, 0.2) is 0 Å². The van der Waals surface area contributed by atoms with E-state index in [4.69, 9.17) is 9.47 Å². The number of para-hydroxylation sites is 2. The van der Waals surface area contributed by atoms with Crippen LogP contribution in [0.25, 0.3) is 0 Å². The van der Waals surface area contributed by atoms with E-state index in [1.54, 1.807) is 0 Å². The molecule has 3 aromatic carbocycles. The fourth-order valence-electron chi connectivity index (χ4n) is 4.63. The standard InChI is InChI=1S/C36H48N2O4/c1-25-15-17-27(3)31(23-25)41-21-11-19-35(5,6)33(39)37-29-13-9-10-14-30(29)38-34(40)36(7,8)20-12-22-42-32-24-26(2)16-18-28(32)4/h9-10,13-18,23-24H,11-12,19-22H2,1-8H3,(H,37,39)(H,38,40). The van der Waals surface area contributed by atoms with Gasteiger partial charge in [0.05, 0.1) is 24.6 Å². The zero-order valence-corrected chi connectivity index (χ0v) is 26.6. The third-order valence-electron chi connectivity index (χ3n) is 7.75. The Hall–Kier alpha value is -3.80. The van der Waals surface area contributed by atoms with Gasteiger partial charge in [0.2, 0.25) is 11.8 Å². The summed E-state index contributed by atoms with van der Waals surface area (Å²) in [5, 5.41) is 6.10. The van der Waals surface area contributed by atoms with Crippen LogP contribution in [0.3, 0.4) is 0 Å². The van der Waals surface area contributed by atoms with E-state index in [1.165, 1.54) is 0 Å². The summed E-state index contributed by atoms with van der Waals surface area (Å²) in [6, 6.07) is 19.7. The van der Waals surface area contributed by atoms with E-state index in [0.29, 0.717) is 37.4 Å². The van der Waals surface area contributed by atoms with Crippen LogP contribution in [0, 0.1) is 38.5 Å². The highest BCUT2D eigenvalue weighted by atomic mass is 16.5. The third kappa shape index (κ3) is 9.37. The molecule has 0 aromatic heterocycles. The first-order valence-corrected chi connectivity index (χ1v) is 14.9. The van der Waals surface area contributed by atoms with Gasteiger partial charge in [-0.15, -0.1) is 0 Å². The maximum atomic E-state index is 13.3. The number of anilines is 2. The van der Waals surface area contributed by atoms with Crippen LogP contribution in [-0.2, 0) is 9.59 Å². The highest BCUT2D eigenvalue weighted by Crippen LogP contribution is 2.31. The molecule has 3 rings (SSSR count). The Morgan fingerprint density at radius 3 is 1.38 bits per heavy atom. The second-order valence-electron chi connectivity index (χ2n) is 12.7. The van der Waals surface area contributed by atoms with Crippen molar-refractivity contribution in [2.75, 3.05) is 23.8 Å². The Kier molecular flexibility index (Phi) is 11.2. The van der Waals surface area contributed by atoms with Gasteiger partial charge in [-0.1, -0.05) is 64.1 Å². The van der Waals surface area contributed by atoms with E-state index in [1.807, 2.05) is 91.8 Å². The van der Waals surface area contributed by atoms with Gasteiger partial charge in [-0.25, -0.2) is 0 Å². The molecule has 42 heavy (non-hydrogen) atoms. The third-order valence-corrected chi connectivity index (χ3v) is 7.75. The molecule has 0 bridgehead atoms. The van der Waals surface area contributed by atoms with Crippen molar-refractivity contribution >= 4 is 23.2 Å². The van der Waals surface area contributed by atoms with Crippen molar-refractivity contribution in [1.82, 2.24) is 0 Å². The molecule has 0 aliphatic rings. The average molecular weight is 573 g/mol. The predicted molar refractivity (Wildman–Crippen MR) is 173 cm³/mol. The second kappa shape index (κ2) is 14.4. The smallest absolute Gasteiger partial charge is 0.230 e. The number of carbonyl (C=O) groups excluding carboxylic acids is 2. The SMILES string of the molecule is Cc1ccc(C)c(OCCCC(C)(C)C(=O)Nc2ccccc2NC(=O)C(C)(C)CCCOc2cc(C)ccc2C)c1. The molecule has 6 nitrogen and oxygen atoms in total. The summed E-state index contributed by atoms with van der Waals surface area (Å²) in [6.07, 6.45) is 2.81. The zero-order chi connectivity index (χ0) is 30.9. The van der Waals surface area contributed by atoms with Crippen molar-refractivity contribution < 1.29 is 19.1 Å². The normalized spacial score (nSPS) is 11.6. The van der Waals surface area contributed by atoms with Crippen molar-refractivity contribution in [3.63, 3.8) is 0 Å². The minimum absolute atomic E-state index is 0.0983. The van der Waals surface area contributed by atoms with Crippen LogP contribution in [0.15, 0.2) is 60.7 Å². The lowest BCUT2D eigenvalue weighted by Gasteiger charge is -2.26. The van der Waals surface area contributed by atoms with E-state index in [9.17, 15) is 9.59 Å². The molecule has 0 unspecified atom stereocenters. The molecule has 0 radical (unpaired) electrons. The lowest BCUT2D eigenvalue weighted by molar-refractivity contribution is -0.125. The highest BCUT2D eigenvalue weighted by molar-refractivity contribution is 6.02. The van der Waals surface area contributed by atoms with Crippen molar-refractivity contribution in [3.05, 3.63) is 82.9 Å². The predicted octanol–water partition coefficient (Wildman–Crippen LogP) is 8.57. The molecule has 0 spiro atoms. The second-order valence-corrected chi connectivity index (χ2v) is 12.7. The summed E-state index contributed by atoms with van der Waals surface area (Å²) >= 11 is 0.